The Morgan fingerprint density at radius 3 is 1.07 bits per heavy atom. The Morgan fingerprint density at radius 1 is 0.467 bits per heavy atom. The van der Waals surface area contributed by atoms with Gasteiger partial charge in [0, 0.05) is 136 Å². The molecule has 1 amide bonds. The molecular formula is C83H100N16O8. The van der Waals surface area contributed by atoms with Gasteiger partial charge in [-0.25, -0.2) is 24.4 Å². The van der Waals surface area contributed by atoms with Crippen LogP contribution in [0.15, 0.2) is 126 Å². The molecule has 12 bridgehead atoms. The first-order chi connectivity index (χ1) is 50.9. The first-order valence-electron chi connectivity index (χ1n) is 36.2. The molecule has 24 nitrogen and oxygen atoms in total. The van der Waals surface area contributed by atoms with E-state index in [1.165, 1.54) is 0 Å². The number of hydrogen-bond acceptors (Lipinski definition) is 15. The molecule has 24 heteroatoms. The number of ether oxygens (including phenoxy) is 7. The third kappa shape index (κ3) is 18.4. The summed E-state index contributed by atoms with van der Waals surface area (Å²) >= 11 is 0. The summed E-state index contributed by atoms with van der Waals surface area (Å²) in [5.41, 5.74) is 34.1. The Kier molecular flexibility index (Phi) is 23.2. The number of azide groups is 2. The van der Waals surface area contributed by atoms with Crippen LogP contribution in [0.5, 0.6) is 34.5 Å². The third-order valence-electron chi connectivity index (χ3n) is 19.4. The zero-order chi connectivity index (χ0) is 76.7. The number of fused-ring (bicyclic) bond motifs is 12. The Morgan fingerprint density at radius 2 is 0.785 bits per heavy atom. The second-order valence-corrected chi connectivity index (χ2v) is 31.7. The smallest absolute Gasteiger partial charge is 0.407 e. The van der Waals surface area contributed by atoms with Gasteiger partial charge in [0.25, 0.3) is 0 Å². The molecule has 0 aliphatic heterocycles. The maximum Gasteiger partial charge on any atom is 0.407 e. The normalized spacial score (nSPS) is 12.7. The molecular weight excluding hydrogens is 1350 g/mol. The fourth-order valence-electron chi connectivity index (χ4n) is 13.9. The van der Waals surface area contributed by atoms with Gasteiger partial charge in [-0.15, -0.1) is 5.10 Å². The molecule has 0 saturated carbocycles. The number of carbonyl (C=O) groups is 1. The molecule has 0 radical (unpaired) electrons. The molecule has 1 aliphatic carbocycles. The van der Waals surface area contributed by atoms with E-state index in [0.29, 0.717) is 102 Å². The van der Waals surface area contributed by atoms with E-state index in [1.807, 2.05) is 103 Å². The Labute approximate surface area is 627 Å². The zero-order valence-electron chi connectivity index (χ0n) is 65.1. The van der Waals surface area contributed by atoms with E-state index in [-0.39, 0.29) is 50.9 Å². The largest absolute Gasteiger partial charge is 0.496 e. The van der Waals surface area contributed by atoms with E-state index in [9.17, 15) is 15.9 Å². The lowest BCUT2D eigenvalue weighted by molar-refractivity contribution is 0.0527. The fraction of sp³-hybridized carbons (Fsp3) is 0.422. The van der Waals surface area contributed by atoms with Gasteiger partial charge in [-0.1, -0.05) is 114 Å². The minimum absolute atomic E-state index is 0.123. The number of methoxy groups -OCH3 is 3. The lowest BCUT2D eigenvalue weighted by atomic mass is 9.81. The SMILES string of the molecule is COc1c2cc(N=[N+]=[N-])cc1Cc1cc(C(C)(C)C)cc(c1OCc1nccn1C)Cc1cc(-n3nncc3CCCCNC(=O)OC(C)(C)C)cc(c1OC)Cc1cc(C(C)(C)C)cc(c1OCc1nccn1C)Cc1cc(N=[N+]=[N-])cc(c1OC)Cc1cc(C(C)(C)C)cc(c1OCc1nccn1C)C2. The average molecular weight is 1450 g/mol. The van der Waals surface area contributed by atoms with Crippen LogP contribution in [0.2, 0.25) is 0 Å². The number of hydrogen-bond donors (Lipinski definition) is 1. The van der Waals surface area contributed by atoms with Crippen LogP contribution in [0.4, 0.5) is 16.2 Å². The van der Waals surface area contributed by atoms with Crippen molar-refractivity contribution in [1.29, 1.82) is 0 Å². The number of imidazole rings is 3. The number of carbonyl (C=O) groups excluding carboxylic acids is 1. The molecule has 560 valence electrons. The molecule has 0 unspecified atom stereocenters. The minimum Gasteiger partial charge on any atom is -0.496 e. The van der Waals surface area contributed by atoms with Crippen LogP contribution in [0.3, 0.4) is 0 Å². The van der Waals surface area contributed by atoms with Crippen molar-refractivity contribution in [2.45, 2.75) is 183 Å². The number of nitrogens with zero attached hydrogens (tertiary/aromatic N) is 15. The average Bonchev–Trinajstić information content (AvgIpc) is 1.65. The van der Waals surface area contributed by atoms with Crippen LogP contribution in [0.1, 0.15) is 203 Å². The summed E-state index contributed by atoms with van der Waals surface area (Å²) in [4.78, 5) is 33.7. The fourth-order valence-corrected chi connectivity index (χ4v) is 13.9. The zero-order valence-corrected chi connectivity index (χ0v) is 65.1. The topological polar surface area (TPSA) is 275 Å². The number of unbranched alkanes of at least 4 members (excludes halogenated alkanes) is 1. The summed E-state index contributed by atoms with van der Waals surface area (Å²) in [6.07, 6.45) is 15.9. The van der Waals surface area contributed by atoms with E-state index in [4.69, 9.17) is 53.3 Å². The maximum atomic E-state index is 12.7. The molecule has 4 aromatic heterocycles. The molecule has 1 N–H and O–H groups in total. The van der Waals surface area contributed by atoms with Crippen molar-refractivity contribution in [3.8, 4) is 40.2 Å². The van der Waals surface area contributed by atoms with Crippen LogP contribution in [0.25, 0.3) is 26.6 Å². The minimum atomic E-state index is -0.628. The first kappa shape index (κ1) is 76.9. The molecule has 0 saturated heterocycles. The van der Waals surface area contributed by atoms with E-state index in [1.54, 1.807) is 46.1 Å². The number of amides is 1. The molecule has 11 rings (SSSR count). The summed E-state index contributed by atoms with van der Waals surface area (Å²) in [5, 5.41) is 20.9. The maximum absolute atomic E-state index is 12.7. The van der Waals surface area contributed by atoms with Crippen LogP contribution in [-0.2, 0) is 107 Å². The molecule has 0 spiro atoms. The molecule has 0 atom stereocenters. The van der Waals surface area contributed by atoms with E-state index in [0.717, 1.165) is 94.8 Å². The van der Waals surface area contributed by atoms with Crippen molar-refractivity contribution in [1.82, 2.24) is 49.0 Å². The monoisotopic (exact) mass is 1450 g/mol. The highest BCUT2D eigenvalue weighted by atomic mass is 16.6. The van der Waals surface area contributed by atoms with Gasteiger partial charge >= 0.3 is 6.09 Å². The van der Waals surface area contributed by atoms with Crippen molar-refractivity contribution in [2.24, 2.45) is 31.4 Å². The molecule has 0 fully saturated rings. The second kappa shape index (κ2) is 32.2. The Balaban J connectivity index is 1.22. The number of alkyl carbamates (subject to hydrolysis) is 1. The van der Waals surface area contributed by atoms with E-state index in [2.05, 4.69) is 141 Å². The Hall–Kier alpha value is -11.2. The van der Waals surface area contributed by atoms with Crippen molar-refractivity contribution in [3.63, 3.8) is 0 Å². The molecule has 4 heterocycles. The predicted molar refractivity (Wildman–Crippen MR) is 414 cm³/mol. The number of aromatic nitrogens is 9. The standard InChI is InChI=1S/C83H100N16O8/c1-80(2,3)63-35-51-29-57-41-66(91-93-84)43-59(73(57)101-16)31-53-37-64(81(4,5)6)39-55(77(53)105-49-71-87-24-27-97(71)14)33-61-45-69(99-68(47-90-95-99)21-19-20-22-89-79(100)107-83(10,11)12)46-62(75(61)103-18)34-56-40-65(82(7,8)9)38-54(78(56)106-50-72-88-25-28-98(72)15)32-60-44-67(92-94-85)42-58(74(60)102-17)30-52(36-63)76(51)104-48-70-86-23-26-96(70)13/h23-28,35-47H,19-22,29-34,48-50H2,1-18H3,(H,89,100). The van der Waals surface area contributed by atoms with E-state index >= 15 is 0 Å². The van der Waals surface area contributed by atoms with Gasteiger partial charge in [-0.2, -0.15) is 0 Å². The highest BCUT2D eigenvalue weighted by Gasteiger charge is 2.31. The summed E-state index contributed by atoms with van der Waals surface area (Å²) in [5.74, 6) is 5.81. The lowest BCUT2D eigenvalue weighted by Crippen LogP contribution is -2.33. The van der Waals surface area contributed by atoms with Gasteiger partial charge in [0.05, 0.1) is 38.9 Å². The summed E-state index contributed by atoms with van der Waals surface area (Å²) in [6.45, 7) is 26.1. The number of rotatable bonds is 20. The third-order valence-corrected chi connectivity index (χ3v) is 19.4. The lowest BCUT2D eigenvalue weighted by Gasteiger charge is -2.27. The highest BCUT2D eigenvalue weighted by Crippen LogP contribution is 2.46. The van der Waals surface area contributed by atoms with Crippen molar-refractivity contribution in [2.75, 3.05) is 27.9 Å². The molecule has 10 aromatic rings. The van der Waals surface area contributed by atoms with Crippen LogP contribution in [-0.4, -0.2) is 83.2 Å². The van der Waals surface area contributed by atoms with Gasteiger partial charge in [0.2, 0.25) is 0 Å². The van der Waals surface area contributed by atoms with Crippen molar-refractivity contribution < 1.29 is 38.0 Å². The van der Waals surface area contributed by atoms with Crippen LogP contribution < -0.4 is 33.7 Å². The summed E-state index contributed by atoms with van der Waals surface area (Å²) in [7, 11) is 10.9. The van der Waals surface area contributed by atoms with Crippen LogP contribution in [0, 0.1) is 0 Å². The number of benzene rings is 6. The van der Waals surface area contributed by atoms with Gasteiger partial charge in [0.15, 0.2) is 0 Å². The quantitative estimate of drug-likeness (QED) is 0.0322. The Bertz CT molecular complexity index is 4760. The second-order valence-electron chi connectivity index (χ2n) is 31.7. The number of nitrogens with one attached hydrogen (secondary N) is 1. The summed E-state index contributed by atoms with van der Waals surface area (Å²) < 4.78 is 55.2. The van der Waals surface area contributed by atoms with Crippen molar-refractivity contribution >= 4 is 17.5 Å². The first-order valence-corrected chi connectivity index (χ1v) is 36.2. The highest BCUT2D eigenvalue weighted by molar-refractivity contribution is 5.68. The number of aryl methyl sites for hydroxylation is 4. The molecule has 6 aromatic carbocycles. The van der Waals surface area contributed by atoms with Gasteiger partial charge in [0.1, 0.15) is 77.4 Å². The van der Waals surface area contributed by atoms with Crippen LogP contribution >= 0.6 is 0 Å². The molecule has 1 aliphatic rings. The van der Waals surface area contributed by atoms with Gasteiger partial charge in [-0.3, -0.25) is 0 Å². The summed E-state index contributed by atoms with van der Waals surface area (Å²) in [6, 6.07) is 25.1. The van der Waals surface area contributed by atoms with E-state index < -0.39 is 22.5 Å². The van der Waals surface area contributed by atoms with Gasteiger partial charge in [-0.05, 0) is 176 Å². The molecule has 107 heavy (non-hydrogen) atoms. The predicted octanol–water partition coefficient (Wildman–Crippen LogP) is 17.7. The van der Waals surface area contributed by atoms with Crippen molar-refractivity contribution in [3.05, 3.63) is 244 Å². The van der Waals surface area contributed by atoms with Gasteiger partial charge < -0.3 is 52.2 Å².